The molecular formula is C16H21NO3. The molecule has 1 aromatic carbocycles. The van der Waals surface area contributed by atoms with Gasteiger partial charge < -0.3 is 4.74 Å². The van der Waals surface area contributed by atoms with Crippen molar-refractivity contribution < 1.29 is 14.3 Å². The third-order valence-corrected chi connectivity index (χ3v) is 3.72. The van der Waals surface area contributed by atoms with E-state index < -0.39 is 5.41 Å². The Bertz CT molecular complexity index is 507. The summed E-state index contributed by atoms with van der Waals surface area (Å²) in [5.74, 6) is 0.967. The second-order valence-electron chi connectivity index (χ2n) is 5.94. The van der Waals surface area contributed by atoms with Crippen LogP contribution in [0, 0.1) is 5.92 Å². The second kappa shape index (κ2) is 5.65. The van der Waals surface area contributed by atoms with E-state index in [1.54, 1.807) is 6.92 Å². The maximum atomic E-state index is 11.9. The molecule has 0 unspecified atom stereocenters. The van der Waals surface area contributed by atoms with E-state index in [1.807, 2.05) is 24.3 Å². The van der Waals surface area contributed by atoms with Crippen molar-refractivity contribution in [1.29, 1.82) is 0 Å². The number of hydrogen-bond donors (Lipinski definition) is 1. The van der Waals surface area contributed by atoms with Gasteiger partial charge in [-0.15, -0.1) is 0 Å². The van der Waals surface area contributed by atoms with Gasteiger partial charge in [-0.25, -0.2) is 0 Å². The minimum absolute atomic E-state index is 0.208. The molecule has 1 N–H and O–H groups in total. The molecular weight excluding hydrogens is 254 g/mol. The summed E-state index contributed by atoms with van der Waals surface area (Å²) < 4.78 is 5.65. The molecule has 0 spiro atoms. The molecule has 0 aromatic heterocycles. The quantitative estimate of drug-likeness (QED) is 0.840. The van der Waals surface area contributed by atoms with E-state index in [-0.39, 0.29) is 18.2 Å². The number of carbonyl (C=O) groups is 2. The predicted octanol–water partition coefficient (Wildman–Crippen LogP) is 2.42. The number of nitrogens with one attached hydrogen (secondary N) is 1. The van der Waals surface area contributed by atoms with E-state index in [0.717, 1.165) is 17.7 Å². The average Bonchev–Trinajstić information content (AvgIpc) is 2.64. The molecule has 2 rings (SSSR count). The summed E-state index contributed by atoms with van der Waals surface area (Å²) in [5.41, 5.74) is 0.0881. The van der Waals surface area contributed by atoms with Crippen LogP contribution >= 0.6 is 0 Å². The molecule has 0 aliphatic carbocycles. The maximum Gasteiger partial charge on any atom is 0.237 e. The van der Waals surface area contributed by atoms with Gasteiger partial charge in [0.1, 0.15) is 5.75 Å². The highest BCUT2D eigenvalue weighted by Gasteiger charge is 2.43. The van der Waals surface area contributed by atoms with Crippen molar-refractivity contribution in [2.75, 3.05) is 6.61 Å². The highest BCUT2D eigenvalue weighted by Crippen LogP contribution is 2.32. The molecule has 1 heterocycles. The summed E-state index contributed by atoms with van der Waals surface area (Å²) in [6.45, 7) is 6.79. The van der Waals surface area contributed by atoms with Crippen LogP contribution in [0.4, 0.5) is 0 Å². The number of imide groups is 1. The highest BCUT2D eigenvalue weighted by molar-refractivity contribution is 6.08. The second-order valence-corrected chi connectivity index (χ2v) is 5.94. The Hall–Kier alpha value is -1.84. The monoisotopic (exact) mass is 275 g/mol. The molecule has 0 radical (unpaired) electrons. The minimum Gasteiger partial charge on any atom is -0.494 e. The first-order valence-electron chi connectivity index (χ1n) is 6.99. The van der Waals surface area contributed by atoms with Gasteiger partial charge in [0.25, 0.3) is 0 Å². The lowest BCUT2D eigenvalue weighted by molar-refractivity contribution is -0.126. The van der Waals surface area contributed by atoms with Crippen molar-refractivity contribution in [3.05, 3.63) is 29.8 Å². The first-order valence-corrected chi connectivity index (χ1v) is 6.99. The molecule has 1 atom stereocenters. The molecule has 20 heavy (non-hydrogen) atoms. The van der Waals surface area contributed by atoms with Crippen LogP contribution in [0.15, 0.2) is 24.3 Å². The summed E-state index contributed by atoms with van der Waals surface area (Å²) in [4.78, 5) is 23.2. The number of benzene rings is 1. The third kappa shape index (κ3) is 3.00. The molecule has 4 nitrogen and oxygen atoms in total. The molecule has 1 saturated heterocycles. The zero-order chi connectivity index (χ0) is 14.8. The molecule has 1 aliphatic heterocycles. The maximum absolute atomic E-state index is 11.9. The molecule has 1 aliphatic rings. The van der Waals surface area contributed by atoms with E-state index in [4.69, 9.17) is 4.74 Å². The largest absolute Gasteiger partial charge is 0.494 e. The zero-order valence-corrected chi connectivity index (χ0v) is 12.2. The number of ether oxygens (including phenoxy) is 1. The fourth-order valence-electron chi connectivity index (χ4n) is 2.27. The lowest BCUT2D eigenvalue weighted by Gasteiger charge is -2.20. The normalized spacial score (nSPS) is 22.2. The molecule has 1 aromatic rings. The Labute approximate surface area is 119 Å². The van der Waals surface area contributed by atoms with Gasteiger partial charge in [-0.1, -0.05) is 26.0 Å². The average molecular weight is 275 g/mol. The lowest BCUT2D eigenvalue weighted by Crippen LogP contribution is -2.32. The van der Waals surface area contributed by atoms with Crippen LogP contribution in [0.25, 0.3) is 0 Å². The van der Waals surface area contributed by atoms with E-state index in [2.05, 4.69) is 19.2 Å². The molecule has 1 fully saturated rings. The number of carbonyl (C=O) groups excluding carboxylic acids is 2. The summed E-state index contributed by atoms with van der Waals surface area (Å²) in [6, 6.07) is 7.44. The first kappa shape index (κ1) is 14.6. The van der Waals surface area contributed by atoms with Gasteiger partial charge in [0.15, 0.2) is 0 Å². The Balaban J connectivity index is 2.05. The van der Waals surface area contributed by atoms with Crippen LogP contribution in [0.5, 0.6) is 5.75 Å². The van der Waals surface area contributed by atoms with Crippen LogP contribution in [-0.4, -0.2) is 18.4 Å². The number of hydrogen-bond acceptors (Lipinski definition) is 3. The summed E-state index contributed by atoms with van der Waals surface area (Å²) in [5, 5.41) is 2.36. The van der Waals surface area contributed by atoms with Crippen molar-refractivity contribution >= 4 is 11.8 Å². The number of rotatable bonds is 5. The standard InChI is InChI=1S/C16H21NO3/c1-11(2)8-9-20-13-6-4-12(5-7-13)16(3)10-14(18)17-15(16)19/h4-7,11H,8-10H2,1-3H3,(H,17,18,19)/t16-/m1/s1. The Morgan fingerprint density at radius 1 is 1.25 bits per heavy atom. The van der Waals surface area contributed by atoms with Gasteiger partial charge in [0.05, 0.1) is 12.0 Å². The van der Waals surface area contributed by atoms with E-state index in [0.29, 0.717) is 12.5 Å². The van der Waals surface area contributed by atoms with Crippen LogP contribution in [0.2, 0.25) is 0 Å². The van der Waals surface area contributed by atoms with Crippen LogP contribution in [-0.2, 0) is 15.0 Å². The Morgan fingerprint density at radius 3 is 2.40 bits per heavy atom. The highest BCUT2D eigenvalue weighted by atomic mass is 16.5. The Morgan fingerprint density at radius 2 is 1.90 bits per heavy atom. The zero-order valence-electron chi connectivity index (χ0n) is 12.2. The first-order chi connectivity index (χ1) is 9.41. The third-order valence-electron chi connectivity index (χ3n) is 3.72. The summed E-state index contributed by atoms with van der Waals surface area (Å²) >= 11 is 0. The fourth-order valence-corrected chi connectivity index (χ4v) is 2.27. The Kier molecular flexibility index (Phi) is 4.12. The molecule has 4 heteroatoms. The van der Waals surface area contributed by atoms with Crippen molar-refractivity contribution in [3.8, 4) is 5.75 Å². The minimum atomic E-state index is -0.756. The van der Waals surface area contributed by atoms with Crippen molar-refractivity contribution in [3.63, 3.8) is 0 Å². The van der Waals surface area contributed by atoms with Crippen LogP contribution in [0.1, 0.15) is 39.2 Å². The van der Waals surface area contributed by atoms with Gasteiger partial charge in [-0.3, -0.25) is 14.9 Å². The van der Waals surface area contributed by atoms with Crippen molar-refractivity contribution in [2.45, 2.75) is 39.0 Å². The topological polar surface area (TPSA) is 55.4 Å². The summed E-state index contributed by atoms with van der Waals surface area (Å²) in [7, 11) is 0. The molecule has 108 valence electrons. The van der Waals surface area contributed by atoms with Crippen LogP contribution < -0.4 is 10.1 Å². The van der Waals surface area contributed by atoms with Gasteiger partial charge >= 0.3 is 0 Å². The van der Waals surface area contributed by atoms with Gasteiger partial charge in [0, 0.05) is 6.42 Å². The molecule has 0 saturated carbocycles. The van der Waals surface area contributed by atoms with E-state index in [1.165, 1.54) is 0 Å². The fraction of sp³-hybridized carbons (Fsp3) is 0.500. The van der Waals surface area contributed by atoms with E-state index in [9.17, 15) is 9.59 Å². The van der Waals surface area contributed by atoms with Crippen LogP contribution in [0.3, 0.4) is 0 Å². The lowest BCUT2D eigenvalue weighted by atomic mass is 9.81. The summed E-state index contributed by atoms with van der Waals surface area (Å²) in [6.07, 6.45) is 1.22. The smallest absolute Gasteiger partial charge is 0.237 e. The molecule has 2 amide bonds. The van der Waals surface area contributed by atoms with Crippen molar-refractivity contribution in [2.24, 2.45) is 5.92 Å². The van der Waals surface area contributed by atoms with Gasteiger partial charge in [0.2, 0.25) is 11.8 Å². The van der Waals surface area contributed by atoms with E-state index >= 15 is 0 Å². The van der Waals surface area contributed by atoms with Crippen molar-refractivity contribution in [1.82, 2.24) is 5.32 Å². The number of amides is 2. The molecule has 0 bridgehead atoms. The SMILES string of the molecule is CC(C)CCOc1ccc([C@@]2(C)CC(=O)NC2=O)cc1. The van der Waals surface area contributed by atoms with Gasteiger partial charge in [-0.2, -0.15) is 0 Å². The predicted molar refractivity (Wildman–Crippen MR) is 76.5 cm³/mol. The van der Waals surface area contributed by atoms with Gasteiger partial charge in [-0.05, 0) is 37.0 Å².